The number of pyridine rings is 1. The Bertz CT molecular complexity index is 1880. The fraction of sp³-hybridized carbons (Fsp3) is 0.550. The van der Waals surface area contributed by atoms with Crippen molar-refractivity contribution in [2.75, 3.05) is 20.1 Å². The number of hydrogen-bond donors (Lipinski definition) is 2. The molecular weight excluding hydrogens is 781 g/mol. The number of carbonyl (C=O) groups is 3. The van der Waals surface area contributed by atoms with E-state index in [-0.39, 0.29) is 57.0 Å². The third-order valence-electron chi connectivity index (χ3n) is 11.0. The van der Waals surface area contributed by atoms with Crippen molar-refractivity contribution in [2.24, 2.45) is 5.92 Å². The first-order valence-corrected chi connectivity index (χ1v) is 19.9. The van der Waals surface area contributed by atoms with Crippen LogP contribution in [0.25, 0.3) is 0 Å². The number of amides is 2. The minimum Gasteiger partial charge on any atom is -0.490 e. The molecule has 3 atom stereocenters. The Hall–Kier alpha value is -4.38. The van der Waals surface area contributed by atoms with Crippen molar-refractivity contribution in [3.05, 3.63) is 75.7 Å². The number of para-hydroxylation sites is 1. The Labute approximate surface area is 330 Å². The summed E-state index contributed by atoms with van der Waals surface area (Å²) in [7, 11) is 1.44. The van der Waals surface area contributed by atoms with E-state index < -0.39 is 69.4 Å². The molecular formula is C40H47F6N3O7S. The fourth-order valence-corrected chi connectivity index (χ4v) is 8.59. The minimum atomic E-state index is -4.93. The van der Waals surface area contributed by atoms with Crippen molar-refractivity contribution in [3.63, 3.8) is 0 Å². The molecule has 1 unspecified atom stereocenters. The third-order valence-corrected chi connectivity index (χ3v) is 12.0. The molecule has 1 aromatic carbocycles. The average Bonchev–Trinajstić information content (AvgIpc) is 3.66. The lowest BCUT2D eigenvalue weighted by atomic mass is 9.79. The van der Waals surface area contributed by atoms with Gasteiger partial charge < -0.3 is 29.5 Å². The van der Waals surface area contributed by atoms with Crippen molar-refractivity contribution < 1.29 is 60.4 Å². The van der Waals surface area contributed by atoms with Crippen molar-refractivity contribution in [1.29, 1.82) is 0 Å². The van der Waals surface area contributed by atoms with Crippen molar-refractivity contribution in [1.82, 2.24) is 14.8 Å². The second-order valence-corrected chi connectivity index (χ2v) is 15.6. The van der Waals surface area contributed by atoms with Crippen LogP contribution < -0.4 is 9.47 Å². The van der Waals surface area contributed by atoms with Gasteiger partial charge in [0.1, 0.15) is 22.1 Å². The number of likely N-dealkylation sites (N-methyl/N-ethyl adjacent to an activating group) is 1. The van der Waals surface area contributed by atoms with Crippen LogP contribution in [-0.4, -0.2) is 80.7 Å². The number of rotatable bonds is 14. The first-order valence-electron chi connectivity index (χ1n) is 19.0. The summed E-state index contributed by atoms with van der Waals surface area (Å²) in [6.45, 7) is 3.32. The molecule has 1 saturated carbocycles. The van der Waals surface area contributed by atoms with Gasteiger partial charge in [-0.3, -0.25) is 19.4 Å². The number of nitrogens with zero attached hydrogens (tertiary/aromatic N) is 3. The van der Waals surface area contributed by atoms with E-state index >= 15 is 0 Å². The molecule has 10 nitrogen and oxygen atoms in total. The molecule has 2 aliphatic rings. The van der Waals surface area contributed by atoms with Gasteiger partial charge in [0, 0.05) is 49.8 Å². The predicted octanol–water partition coefficient (Wildman–Crippen LogP) is 8.57. The normalized spacial score (nSPS) is 22.7. The number of carboxylic acid groups (broad SMARTS) is 1. The molecule has 0 spiro atoms. The Kier molecular flexibility index (Phi) is 13.5. The number of alkyl halides is 6. The quantitative estimate of drug-likeness (QED) is 0.155. The van der Waals surface area contributed by atoms with E-state index in [0.717, 1.165) is 34.7 Å². The highest BCUT2D eigenvalue weighted by Crippen LogP contribution is 2.43. The number of carboxylic acids is 1. The topological polar surface area (TPSA) is 130 Å². The van der Waals surface area contributed by atoms with Crippen LogP contribution >= 0.6 is 11.3 Å². The van der Waals surface area contributed by atoms with Crippen LogP contribution in [0.5, 0.6) is 11.5 Å². The number of likely N-dealkylation sites (tertiary alicyclic amines) is 1. The van der Waals surface area contributed by atoms with Gasteiger partial charge in [0.2, 0.25) is 5.60 Å². The van der Waals surface area contributed by atoms with Gasteiger partial charge in [-0.25, -0.2) is 0 Å². The maximum absolute atomic E-state index is 14.9. The van der Waals surface area contributed by atoms with Gasteiger partial charge in [0.15, 0.2) is 0 Å². The number of hydrogen-bond acceptors (Lipinski definition) is 8. The van der Waals surface area contributed by atoms with Crippen LogP contribution in [0, 0.1) is 5.92 Å². The number of thiophene rings is 1. The molecule has 17 heteroatoms. The monoisotopic (exact) mass is 827 g/mol. The standard InChI is InChI=1S/C40H47F6N3O7S/c1-4-10-31-38(56-27-23-32(57-24-27)40(44,45)46,18-9-21-49(31)34(50)33-29(39(41,42)43)12-8-20-47-33)36(53)48(3)22-19-37(54,5-2)28-11-6-7-13-30(28)55-26-16-14-25(15-17-26)35(51)52/h6-8,11-13,20,23-26,31,54H,4-5,9-10,14-19,21-22H2,1-3H3,(H,51,52)/t25?,26?,31-,37?,38+/m1/s1. The lowest BCUT2D eigenvalue weighted by molar-refractivity contribution is -0.158. The smallest absolute Gasteiger partial charge is 0.425 e. The molecule has 0 bridgehead atoms. The zero-order chi connectivity index (χ0) is 41.8. The molecule has 57 heavy (non-hydrogen) atoms. The van der Waals surface area contributed by atoms with E-state index in [1.165, 1.54) is 11.9 Å². The van der Waals surface area contributed by atoms with Crippen LogP contribution in [-0.2, 0) is 27.5 Å². The SMILES string of the molecule is CCC[C@H]1N(C(=O)c2ncccc2C(F)(F)F)CCC[C@@]1(Oc1csc(C(F)(F)F)c1)C(=O)N(C)CCC(O)(CC)c1ccccc1OC1CCC(C(=O)O)CC1. The Morgan fingerprint density at radius 1 is 1.00 bits per heavy atom. The van der Waals surface area contributed by atoms with Gasteiger partial charge in [0.25, 0.3) is 11.8 Å². The van der Waals surface area contributed by atoms with Crippen molar-refractivity contribution in [2.45, 2.75) is 114 Å². The van der Waals surface area contributed by atoms with E-state index in [9.17, 15) is 50.9 Å². The van der Waals surface area contributed by atoms with Crippen LogP contribution in [0.3, 0.4) is 0 Å². The number of ether oxygens (including phenoxy) is 2. The van der Waals surface area contributed by atoms with E-state index in [4.69, 9.17) is 9.47 Å². The number of piperidine rings is 1. The van der Waals surface area contributed by atoms with Crippen LogP contribution in [0.2, 0.25) is 0 Å². The molecule has 1 aliphatic carbocycles. The molecule has 2 aromatic heterocycles. The Balaban J connectivity index is 1.46. The third kappa shape index (κ3) is 9.67. The molecule has 2 N–H and O–H groups in total. The minimum absolute atomic E-state index is 0.0331. The highest BCUT2D eigenvalue weighted by Gasteiger charge is 2.56. The number of carbonyl (C=O) groups excluding carboxylic acids is 2. The lowest BCUT2D eigenvalue weighted by Crippen LogP contribution is -2.67. The average molecular weight is 828 g/mol. The van der Waals surface area contributed by atoms with E-state index in [2.05, 4.69) is 4.98 Å². The van der Waals surface area contributed by atoms with Gasteiger partial charge in [-0.05, 0) is 69.6 Å². The molecule has 0 radical (unpaired) electrons. The van der Waals surface area contributed by atoms with Crippen LogP contribution in [0.15, 0.2) is 54.0 Å². The molecule has 3 heterocycles. The number of benzene rings is 1. The summed E-state index contributed by atoms with van der Waals surface area (Å²) < 4.78 is 96.0. The van der Waals surface area contributed by atoms with Gasteiger partial charge in [-0.1, -0.05) is 38.5 Å². The lowest BCUT2D eigenvalue weighted by Gasteiger charge is -2.49. The van der Waals surface area contributed by atoms with Gasteiger partial charge in [0.05, 0.1) is 29.2 Å². The number of halogens is 6. The molecule has 1 aliphatic heterocycles. The summed E-state index contributed by atoms with van der Waals surface area (Å²) in [6.07, 6.45) is -6.42. The summed E-state index contributed by atoms with van der Waals surface area (Å²) in [4.78, 5) is 45.6. The maximum Gasteiger partial charge on any atom is 0.425 e. The molecule has 3 aromatic rings. The molecule has 2 amide bonds. The second kappa shape index (κ2) is 17.6. The van der Waals surface area contributed by atoms with E-state index in [0.29, 0.717) is 54.8 Å². The highest BCUT2D eigenvalue weighted by atomic mass is 32.1. The first-order chi connectivity index (χ1) is 26.8. The van der Waals surface area contributed by atoms with Gasteiger partial charge in [-0.15, -0.1) is 11.3 Å². The zero-order valence-corrected chi connectivity index (χ0v) is 32.7. The van der Waals surface area contributed by atoms with Crippen LogP contribution in [0.4, 0.5) is 26.3 Å². The Morgan fingerprint density at radius 2 is 1.68 bits per heavy atom. The van der Waals surface area contributed by atoms with E-state index in [1.54, 1.807) is 38.1 Å². The summed E-state index contributed by atoms with van der Waals surface area (Å²) in [5.41, 5.74) is -5.27. The summed E-state index contributed by atoms with van der Waals surface area (Å²) in [6, 6.07) is 8.21. The highest BCUT2D eigenvalue weighted by molar-refractivity contribution is 7.10. The maximum atomic E-state index is 14.9. The van der Waals surface area contributed by atoms with Crippen molar-refractivity contribution >= 4 is 29.1 Å². The number of aromatic nitrogens is 1. The van der Waals surface area contributed by atoms with Gasteiger partial charge in [-0.2, -0.15) is 26.3 Å². The summed E-state index contributed by atoms with van der Waals surface area (Å²) in [5, 5.41) is 22.6. The molecule has 312 valence electrons. The summed E-state index contributed by atoms with van der Waals surface area (Å²) >= 11 is 0.355. The van der Waals surface area contributed by atoms with Gasteiger partial charge >= 0.3 is 18.3 Å². The fourth-order valence-electron chi connectivity index (χ4n) is 7.92. The molecule has 2 fully saturated rings. The number of aliphatic carboxylic acids is 1. The first kappa shape index (κ1) is 43.7. The largest absolute Gasteiger partial charge is 0.490 e. The predicted molar refractivity (Wildman–Crippen MR) is 198 cm³/mol. The Morgan fingerprint density at radius 3 is 2.30 bits per heavy atom. The number of aliphatic hydroxyl groups is 1. The van der Waals surface area contributed by atoms with E-state index in [1.807, 2.05) is 0 Å². The second-order valence-electron chi connectivity index (χ2n) is 14.7. The molecule has 1 saturated heterocycles. The van der Waals surface area contributed by atoms with Crippen LogP contribution in [0.1, 0.15) is 105 Å². The van der Waals surface area contributed by atoms with Crippen molar-refractivity contribution in [3.8, 4) is 11.5 Å². The zero-order valence-electron chi connectivity index (χ0n) is 31.9. The molecule has 5 rings (SSSR count). The summed E-state index contributed by atoms with van der Waals surface area (Å²) in [5.74, 6) is -3.00.